The molecule has 0 aromatic heterocycles. The summed E-state index contributed by atoms with van der Waals surface area (Å²) in [7, 11) is 0. The first-order chi connectivity index (χ1) is 6.92. The van der Waals surface area contributed by atoms with Crippen LogP contribution >= 0.6 is 15.9 Å². The van der Waals surface area contributed by atoms with Crippen LogP contribution in [0.3, 0.4) is 0 Å². The summed E-state index contributed by atoms with van der Waals surface area (Å²) < 4.78 is 36.5. The summed E-state index contributed by atoms with van der Waals surface area (Å²) in [5.74, 6) is 0.317. The molecule has 0 N–H and O–H groups in total. The van der Waals surface area contributed by atoms with Gasteiger partial charge in [0.15, 0.2) is 0 Å². The third-order valence-electron chi connectivity index (χ3n) is 2.28. The molecule has 0 saturated carbocycles. The predicted molar refractivity (Wildman–Crippen MR) is 60.4 cm³/mol. The molecule has 0 aliphatic rings. The Bertz CT molecular complexity index is 161. The van der Waals surface area contributed by atoms with Crippen molar-refractivity contribution >= 4 is 15.9 Å². The Hall–Kier alpha value is 0.230. The van der Waals surface area contributed by atoms with Crippen LogP contribution in [-0.2, 0) is 0 Å². The first kappa shape index (κ1) is 15.2. The van der Waals surface area contributed by atoms with E-state index in [2.05, 4.69) is 22.9 Å². The van der Waals surface area contributed by atoms with Crippen molar-refractivity contribution in [3.63, 3.8) is 0 Å². The lowest BCUT2D eigenvalue weighted by Crippen LogP contribution is -2.37. The van der Waals surface area contributed by atoms with Crippen molar-refractivity contribution in [2.45, 2.75) is 32.9 Å². The van der Waals surface area contributed by atoms with Crippen molar-refractivity contribution in [3.05, 3.63) is 0 Å². The zero-order valence-corrected chi connectivity index (χ0v) is 10.9. The summed E-state index contributed by atoms with van der Waals surface area (Å²) in [4.78, 5) is 1.46. The van der Waals surface area contributed by atoms with Gasteiger partial charge in [0, 0.05) is 11.9 Å². The van der Waals surface area contributed by atoms with Crippen LogP contribution in [0, 0.1) is 5.92 Å². The molecule has 1 nitrogen and oxygen atoms in total. The zero-order chi connectivity index (χ0) is 11.9. The first-order valence-corrected chi connectivity index (χ1v) is 6.40. The molecule has 0 aliphatic carbocycles. The smallest absolute Gasteiger partial charge is 0.295 e. The van der Waals surface area contributed by atoms with E-state index < -0.39 is 12.7 Å². The highest BCUT2D eigenvalue weighted by Gasteiger charge is 2.30. The zero-order valence-electron chi connectivity index (χ0n) is 9.28. The van der Waals surface area contributed by atoms with Gasteiger partial charge in [-0.2, -0.15) is 13.2 Å². The molecule has 1 unspecified atom stereocenters. The molecule has 0 saturated heterocycles. The second kappa shape index (κ2) is 7.49. The van der Waals surface area contributed by atoms with Gasteiger partial charge in [0.2, 0.25) is 0 Å². The number of halogens is 4. The summed E-state index contributed by atoms with van der Waals surface area (Å²) in [5, 5.41) is 0.773. The van der Waals surface area contributed by atoms with E-state index >= 15 is 0 Å². The van der Waals surface area contributed by atoms with E-state index in [-0.39, 0.29) is 0 Å². The Morgan fingerprint density at radius 3 is 2.20 bits per heavy atom. The van der Waals surface area contributed by atoms with Gasteiger partial charge in [-0.3, -0.25) is 4.90 Å². The Morgan fingerprint density at radius 2 is 1.87 bits per heavy atom. The molecule has 0 spiro atoms. The standard InChI is InChI=1S/C10H19BrF3N/c1-3-5-9(6-11)7-15(4-2)8-10(12,13)14/h9H,3-8H2,1-2H3. The first-order valence-electron chi connectivity index (χ1n) is 5.28. The predicted octanol–water partition coefficient (Wildman–Crippen LogP) is 3.68. The van der Waals surface area contributed by atoms with E-state index in [1.54, 1.807) is 6.92 Å². The molecule has 0 amide bonds. The van der Waals surface area contributed by atoms with E-state index in [1.807, 2.05) is 0 Å². The van der Waals surface area contributed by atoms with Gasteiger partial charge in [-0.05, 0) is 18.9 Å². The molecule has 0 radical (unpaired) electrons. The van der Waals surface area contributed by atoms with E-state index in [0.717, 1.165) is 18.2 Å². The summed E-state index contributed by atoms with van der Waals surface area (Å²) in [6.45, 7) is 4.00. The van der Waals surface area contributed by atoms with Crippen LogP contribution < -0.4 is 0 Å². The number of rotatable bonds is 7. The molecule has 5 heteroatoms. The van der Waals surface area contributed by atoms with Gasteiger partial charge in [0.25, 0.3) is 0 Å². The maximum Gasteiger partial charge on any atom is 0.401 e. The van der Waals surface area contributed by atoms with Gasteiger partial charge in [0.1, 0.15) is 0 Å². The number of nitrogens with zero attached hydrogens (tertiary/aromatic N) is 1. The third kappa shape index (κ3) is 8.08. The average Bonchev–Trinajstić information content (AvgIpc) is 2.13. The highest BCUT2D eigenvalue weighted by molar-refractivity contribution is 9.09. The molecule has 0 bridgehead atoms. The fourth-order valence-electron chi connectivity index (χ4n) is 1.55. The van der Waals surface area contributed by atoms with Crippen molar-refractivity contribution in [1.29, 1.82) is 0 Å². The highest BCUT2D eigenvalue weighted by atomic mass is 79.9. The van der Waals surface area contributed by atoms with Gasteiger partial charge in [-0.1, -0.05) is 36.2 Å². The second-order valence-corrected chi connectivity index (χ2v) is 4.40. The van der Waals surface area contributed by atoms with Crippen molar-refractivity contribution in [1.82, 2.24) is 4.90 Å². The van der Waals surface area contributed by atoms with Crippen LogP contribution in [0.15, 0.2) is 0 Å². The molecule has 1 atom stereocenters. The van der Waals surface area contributed by atoms with Crippen LogP contribution in [0.5, 0.6) is 0 Å². The van der Waals surface area contributed by atoms with E-state index in [4.69, 9.17) is 0 Å². The van der Waals surface area contributed by atoms with Gasteiger partial charge in [-0.25, -0.2) is 0 Å². The molecule has 0 rings (SSSR count). The number of hydrogen-bond acceptors (Lipinski definition) is 1. The van der Waals surface area contributed by atoms with Gasteiger partial charge in [-0.15, -0.1) is 0 Å². The Labute approximate surface area is 98.1 Å². The van der Waals surface area contributed by atoms with E-state index in [0.29, 0.717) is 19.0 Å². The molecule has 0 aromatic carbocycles. The summed E-state index contributed by atoms with van der Waals surface area (Å²) in [6.07, 6.45) is -2.10. The number of hydrogen-bond donors (Lipinski definition) is 0. The van der Waals surface area contributed by atoms with Crippen molar-refractivity contribution in [3.8, 4) is 0 Å². The summed E-state index contributed by atoms with van der Waals surface area (Å²) in [5.41, 5.74) is 0. The van der Waals surface area contributed by atoms with Gasteiger partial charge in [0.05, 0.1) is 6.54 Å². The molecule has 0 aromatic rings. The average molecular weight is 290 g/mol. The largest absolute Gasteiger partial charge is 0.401 e. The second-order valence-electron chi connectivity index (χ2n) is 3.75. The number of alkyl halides is 4. The van der Waals surface area contributed by atoms with Crippen LogP contribution in [0.2, 0.25) is 0 Å². The SMILES string of the molecule is CCCC(CBr)CN(CC)CC(F)(F)F. The fraction of sp³-hybridized carbons (Fsp3) is 1.00. The van der Waals surface area contributed by atoms with Crippen LogP contribution in [0.1, 0.15) is 26.7 Å². The van der Waals surface area contributed by atoms with Gasteiger partial charge >= 0.3 is 6.18 Å². The molecular weight excluding hydrogens is 271 g/mol. The minimum absolute atomic E-state index is 0.317. The van der Waals surface area contributed by atoms with E-state index in [1.165, 1.54) is 4.90 Å². The Balaban J connectivity index is 4.06. The summed E-state index contributed by atoms with van der Waals surface area (Å²) in [6, 6.07) is 0. The van der Waals surface area contributed by atoms with Crippen LogP contribution in [-0.4, -0.2) is 36.0 Å². The monoisotopic (exact) mass is 289 g/mol. The quantitative estimate of drug-likeness (QED) is 0.646. The Kier molecular flexibility index (Phi) is 7.61. The van der Waals surface area contributed by atoms with Gasteiger partial charge < -0.3 is 0 Å². The van der Waals surface area contributed by atoms with Crippen molar-refractivity contribution < 1.29 is 13.2 Å². The molecule has 0 aliphatic heterocycles. The lowest BCUT2D eigenvalue weighted by Gasteiger charge is -2.26. The third-order valence-corrected chi connectivity index (χ3v) is 3.20. The molecule has 15 heavy (non-hydrogen) atoms. The molecule has 0 heterocycles. The fourth-order valence-corrected chi connectivity index (χ4v) is 2.08. The topological polar surface area (TPSA) is 3.24 Å². The minimum Gasteiger partial charge on any atom is -0.295 e. The normalized spacial score (nSPS) is 14.6. The lowest BCUT2D eigenvalue weighted by atomic mass is 10.1. The molecule has 92 valence electrons. The molecular formula is C10H19BrF3N. The Morgan fingerprint density at radius 1 is 1.27 bits per heavy atom. The maximum absolute atomic E-state index is 12.2. The highest BCUT2D eigenvalue weighted by Crippen LogP contribution is 2.19. The lowest BCUT2D eigenvalue weighted by molar-refractivity contribution is -0.146. The van der Waals surface area contributed by atoms with Crippen LogP contribution in [0.25, 0.3) is 0 Å². The van der Waals surface area contributed by atoms with Crippen LogP contribution in [0.4, 0.5) is 13.2 Å². The maximum atomic E-state index is 12.2. The molecule has 0 fully saturated rings. The summed E-state index contributed by atoms with van der Waals surface area (Å²) >= 11 is 3.35. The minimum atomic E-state index is -4.08. The van der Waals surface area contributed by atoms with Crippen molar-refractivity contribution in [2.24, 2.45) is 5.92 Å². The van der Waals surface area contributed by atoms with Crippen molar-refractivity contribution in [2.75, 3.05) is 25.0 Å². The van der Waals surface area contributed by atoms with E-state index in [9.17, 15) is 13.2 Å².